The normalized spacial score (nSPS) is 11.3. The van der Waals surface area contributed by atoms with Crippen LogP contribution in [0.5, 0.6) is 0 Å². The second-order valence-electron chi connectivity index (χ2n) is 4.22. The van der Waals surface area contributed by atoms with Crippen molar-refractivity contribution in [2.75, 3.05) is 10.5 Å². The van der Waals surface area contributed by atoms with Crippen molar-refractivity contribution in [1.82, 2.24) is 0 Å². The Balaban J connectivity index is 2.49. The first kappa shape index (κ1) is 14.8. The van der Waals surface area contributed by atoms with E-state index in [1.807, 2.05) is 0 Å². The van der Waals surface area contributed by atoms with Crippen molar-refractivity contribution in [1.29, 1.82) is 0 Å². The number of halogens is 2. The van der Waals surface area contributed by atoms with E-state index in [0.717, 1.165) is 6.07 Å². The Hall–Kier alpha value is -1.60. The van der Waals surface area contributed by atoms with Crippen molar-refractivity contribution in [3.05, 3.63) is 52.3 Å². The third-order valence-corrected chi connectivity index (χ3v) is 4.96. The fourth-order valence-corrected chi connectivity index (χ4v) is 3.72. The summed E-state index contributed by atoms with van der Waals surface area (Å²) in [6.07, 6.45) is 0. The first-order valence-corrected chi connectivity index (χ1v) is 7.92. The quantitative estimate of drug-likeness (QED) is 0.827. The van der Waals surface area contributed by atoms with Gasteiger partial charge in [-0.1, -0.05) is 12.1 Å². The average molecular weight is 359 g/mol. The Morgan fingerprint density at radius 2 is 1.95 bits per heavy atom. The van der Waals surface area contributed by atoms with Gasteiger partial charge in [-0.3, -0.25) is 4.72 Å². The van der Waals surface area contributed by atoms with Gasteiger partial charge >= 0.3 is 0 Å². The van der Waals surface area contributed by atoms with Crippen LogP contribution in [0.25, 0.3) is 0 Å². The van der Waals surface area contributed by atoms with Crippen LogP contribution in [0.15, 0.2) is 45.8 Å². The molecule has 0 aliphatic carbocycles. The van der Waals surface area contributed by atoms with E-state index in [0.29, 0.717) is 10.0 Å². The van der Waals surface area contributed by atoms with Gasteiger partial charge in [-0.2, -0.15) is 0 Å². The zero-order chi connectivity index (χ0) is 14.9. The Morgan fingerprint density at radius 1 is 1.25 bits per heavy atom. The van der Waals surface area contributed by atoms with Gasteiger partial charge in [0.15, 0.2) is 0 Å². The number of hydrogen-bond acceptors (Lipinski definition) is 3. The van der Waals surface area contributed by atoms with E-state index in [1.54, 1.807) is 19.1 Å². The lowest BCUT2D eigenvalue weighted by Gasteiger charge is -2.13. The number of nitrogen functional groups attached to an aromatic ring is 1. The Kier molecular flexibility index (Phi) is 4.01. The van der Waals surface area contributed by atoms with Gasteiger partial charge in [-0.05, 0) is 52.7 Å². The molecule has 0 saturated carbocycles. The van der Waals surface area contributed by atoms with Crippen molar-refractivity contribution in [2.24, 2.45) is 0 Å². The number of anilines is 2. The SMILES string of the molecule is Cc1cccc(N)c1S(=O)(=O)Nc1cc(F)ccc1Br. The number of sulfonamides is 1. The number of benzene rings is 2. The molecule has 0 aromatic heterocycles. The summed E-state index contributed by atoms with van der Waals surface area (Å²) in [6.45, 7) is 1.64. The molecule has 2 aromatic carbocycles. The van der Waals surface area contributed by atoms with Gasteiger partial charge in [0.05, 0.1) is 11.4 Å². The molecule has 0 amide bonds. The largest absolute Gasteiger partial charge is 0.398 e. The van der Waals surface area contributed by atoms with E-state index in [-0.39, 0.29) is 16.3 Å². The van der Waals surface area contributed by atoms with Gasteiger partial charge < -0.3 is 5.73 Å². The van der Waals surface area contributed by atoms with Crippen LogP contribution in [0, 0.1) is 12.7 Å². The number of rotatable bonds is 3. The molecule has 0 spiro atoms. The molecule has 0 aliphatic heterocycles. The van der Waals surface area contributed by atoms with Crippen molar-refractivity contribution >= 4 is 37.3 Å². The van der Waals surface area contributed by atoms with E-state index in [4.69, 9.17) is 5.73 Å². The summed E-state index contributed by atoms with van der Waals surface area (Å²) in [4.78, 5) is -0.00355. The molecule has 20 heavy (non-hydrogen) atoms. The third-order valence-electron chi connectivity index (χ3n) is 2.68. The monoisotopic (exact) mass is 358 g/mol. The zero-order valence-electron chi connectivity index (χ0n) is 10.5. The van der Waals surface area contributed by atoms with Crippen LogP contribution < -0.4 is 10.5 Å². The van der Waals surface area contributed by atoms with Crippen LogP contribution in [-0.2, 0) is 10.0 Å². The van der Waals surface area contributed by atoms with E-state index in [1.165, 1.54) is 18.2 Å². The van der Waals surface area contributed by atoms with Crippen molar-refractivity contribution in [3.8, 4) is 0 Å². The lowest BCUT2D eigenvalue weighted by molar-refractivity contribution is 0.601. The summed E-state index contributed by atoms with van der Waals surface area (Å²) in [6, 6.07) is 8.56. The highest BCUT2D eigenvalue weighted by molar-refractivity contribution is 9.10. The molecule has 0 fully saturated rings. The molecule has 2 aromatic rings. The second kappa shape index (κ2) is 5.41. The van der Waals surface area contributed by atoms with Gasteiger partial charge in [0.25, 0.3) is 10.0 Å². The van der Waals surface area contributed by atoms with E-state index >= 15 is 0 Å². The standard InChI is InChI=1S/C13H12BrFN2O2S/c1-8-3-2-4-11(16)13(8)20(18,19)17-12-7-9(15)5-6-10(12)14/h2-7,17H,16H2,1H3. The lowest BCUT2D eigenvalue weighted by atomic mass is 10.2. The van der Waals surface area contributed by atoms with E-state index in [9.17, 15) is 12.8 Å². The number of nitrogens with two attached hydrogens (primary N) is 1. The van der Waals surface area contributed by atoms with Crippen LogP contribution in [0.1, 0.15) is 5.56 Å². The highest BCUT2D eigenvalue weighted by Crippen LogP contribution is 2.29. The fourth-order valence-electron chi connectivity index (χ4n) is 1.81. The molecule has 7 heteroatoms. The predicted molar refractivity (Wildman–Crippen MR) is 80.5 cm³/mol. The number of hydrogen-bond donors (Lipinski definition) is 2. The zero-order valence-corrected chi connectivity index (χ0v) is 12.9. The van der Waals surface area contributed by atoms with Gasteiger partial charge in [-0.15, -0.1) is 0 Å². The first-order chi connectivity index (χ1) is 9.31. The fraction of sp³-hybridized carbons (Fsp3) is 0.0769. The summed E-state index contributed by atoms with van der Waals surface area (Å²) >= 11 is 3.17. The predicted octanol–water partition coefficient (Wildman–Crippen LogP) is 3.28. The molecule has 0 heterocycles. The molecule has 2 rings (SSSR count). The smallest absolute Gasteiger partial charge is 0.264 e. The van der Waals surface area contributed by atoms with Gasteiger partial charge in [0.1, 0.15) is 10.7 Å². The summed E-state index contributed by atoms with van der Waals surface area (Å²) in [7, 11) is -3.89. The molecule has 0 unspecified atom stereocenters. The van der Waals surface area contributed by atoms with Gasteiger partial charge in [0.2, 0.25) is 0 Å². The van der Waals surface area contributed by atoms with Gasteiger partial charge in [-0.25, -0.2) is 12.8 Å². The molecule has 106 valence electrons. The van der Waals surface area contributed by atoms with Crippen LogP contribution in [0.4, 0.5) is 15.8 Å². The number of aryl methyl sites for hydroxylation is 1. The summed E-state index contributed by atoms with van der Waals surface area (Å²) in [5.41, 5.74) is 6.50. The third kappa shape index (κ3) is 2.94. The minimum absolute atomic E-state index is 0.00355. The first-order valence-electron chi connectivity index (χ1n) is 5.64. The molecule has 0 atom stereocenters. The maximum Gasteiger partial charge on any atom is 0.264 e. The van der Waals surface area contributed by atoms with Crippen LogP contribution in [0.3, 0.4) is 0 Å². The minimum Gasteiger partial charge on any atom is -0.398 e. The van der Waals surface area contributed by atoms with Crippen LogP contribution in [-0.4, -0.2) is 8.42 Å². The topological polar surface area (TPSA) is 72.2 Å². The molecule has 4 nitrogen and oxygen atoms in total. The van der Waals surface area contributed by atoms with Crippen molar-refractivity contribution < 1.29 is 12.8 Å². The maximum absolute atomic E-state index is 13.2. The Bertz CT molecular complexity index is 743. The van der Waals surface area contributed by atoms with Crippen molar-refractivity contribution in [3.63, 3.8) is 0 Å². The molecule has 0 saturated heterocycles. The van der Waals surface area contributed by atoms with Crippen LogP contribution >= 0.6 is 15.9 Å². The average Bonchev–Trinajstić information content (AvgIpc) is 2.33. The molecule has 0 radical (unpaired) electrons. The summed E-state index contributed by atoms with van der Waals surface area (Å²) < 4.78 is 40.7. The Morgan fingerprint density at radius 3 is 2.60 bits per heavy atom. The molecular weight excluding hydrogens is 347 g/mol. The highest BCUT2D eigenvalue weighted by atomic mass is 79.9. The highest BCUT2D eigenvalue weighted by Gasteiger charge is 2.21. The van der Waals surface area contributed by atoms with Gasteiger partial charge in [0, 0.05) is 4.47 Å². The lowest BCUT2D eigenvalue weighted by Crippen LogP contribution is -2.16. The molecular formula is C13H12BrFN2O2S. The van der Waals surface area contributed by atoms with E-state index < -0.39 is 15.8 Å². The molecule has 0 aliphatic rings. The summed E-state index contributed by atoms with van der Waals surface area (Å²) in [5.74, 6) is -0.538. The molecule has 3 N–H and O–H groups in total. The Labute approximate surface area is 125 Å². The second-order valence-corrected chi connectivity index (χ2v) is 6.70. The minimum atomic E-state index is -3.89. The maximum atomic E-state index is 13.2. The van der Waals surface area contributed by atoms with Crippen molar-refractivity contribution in [2.45, 2.75) is 11.8 Å². The summed E-state index contributed by atoms with van der Waals surface area (Å²) in [5, 5.41) is 0. The van der Waals surface area contributed by atoms with Crippen LogP contribution in [0.2, 0.25) is 0 Å². The van der Waals surface area contributed by atoms with E-state index in [2.05, 4.69) is 20.7 Å². The number of nitrogens with one attached hydrogen (secondary N) is 1. The molecule has 0 bridgehead atoms.